The smallest absolute Gasteiger partial charge is 0.344 e. The van der Waals surface area contributed by atoms with E-state index in [1.54, 1.807) is 39.0 Å². The minimum atomic E-state index is -0.723. The largest absolute Gasteiger partial charge is 0.490 e. The third-order valence-electron chi connectivity index (χ3n) is 3.93. The molecule has 152 valence electrons. The summed E-state index contributed by atoms with van der Waals surface area (Å²) in [6, 6.07) is 3.78. The summed E-state index contributed by atoms with van der Waals surface area (Å²) in [5.41, 5.74) is 1.28. The molecule has 0 spiro atoms. The van der Waals surface area contributed by atoms with E-state index in [9.17, 15) is 14.4 Å². The van der Waals surface area contributed by atoms with Gasteiger partial charge in [0.15, 0.2) is 18.1 Å². The van der Waals surface area contributed by atoms with Crippen molar-refractivity contribution in [3.63, 3.8) is 0 Å². The molecule has 28 heavy (non-hydrogen) atoms. The zero-order valence-corrected chi connectivity index (χ0v) is 16.3. The second-order valence-electron chi connectivity index (χ2n) is 5.79. The summed E-state index contributed by atoms with van der Waals surface area (Å²) in [7, 11) is 1.27. The highest BCUT2D eigenvalue weighted by Crippen LogP contribution is 2.34. The van der Waals surface area contributed by atoms with Crippen molar-refractivity contribution < 1.29 is 33.3 Å². The molecule has 1 aromatic rings. The maximum absolute atomic E-state index is 12.2. The van der Waals surface area contributed by atoms with Crippen molar-refractivity contribution >= 4 is 18.0 Å². The molecule has 2 rings (SSSR count). The predicted octanol–water partition coefficient (Wildman–Crippen LogP) is 1.83. The average Bonchev–Trinajstić information content (AvgIpc) is 2.66. The molecule has 2 amide bonds. The molecule has 0 aliphatic carbocycles. The zero-order chi connectivity index (χ0) is 20.7. The number of methoxy groups -OCH3 is 1. The Morgan fingerprint density at radius 3 is 2.50 bits per heavy atom. The van der Waals surface area contributed by atoms with Gasteiger partial charge in [0.2, 0.25) is 0 Å². The van der Waals surface area contributed by atoms with Crippen LogP contribution in [0.15, 0.2) is 29.5 Å². The van der Waals surface area contributed by atoms with Crippen LogP contribution in [-0.2, 0) is 19.1 Å². The number of amides is 2. The maximum atomic E-state index is 12.2. The Morgan fingerprint density at radius 2 is 1.86 bits per heavy atom. The van der Waals surface area contributed by atoms with Crippen LogP contribution in [0.3, 0.4) is 0 Å². The maximum Gasteiger partial charge on any atom is 0.344 e. The third-order valence-corrected chi connectivity index (χ3v) is 3.93. The highest BCUT2D eigenvalue weighted by atomic mass is 16.6. The van der Waals surface area contributed by atoms with Gasteiger partial charge in [0, 0.05) is 5.70 Å². The molecule has 0 radical (unpaired) electrons. The first kappa shape index (κ1) is 21.1. The molecule has 2 N–H and O–H groups in total. The Hall–Kier alpha value is -3.23. The molecule has 0 saturated heterocycles. The Morgan fingerprint density at radius 1 is 1.11 bits per heavy atom. The van der Waals surface area contributed by atoms with Crippen LogP contribution in [0.4, 0.5) is 4.79 Å². The molecule has 1 heterocycles. The summed E-state index contributed by atoms with van der Waals surface area (Å²) in [6.45, 7) is 5.49. The molecule has 0 aromatic heterocycles. The van der Waals surface area contributed by atoms with Crippen molar-refractivity contribution in [2.45, 2.75) is 26.8 Å². The number of nitrogens with one attached hydrogen (secondary N) is 2. The van der Waals surface area contributed by atoms with Gasteiger partial charge in [-0.2, -0.15) is 0 Å². The summed E-state index contributed by atoms with van der Waals surface area (Å²) in [6.07, 6.45) is 0. The normalized spacial score (nSPS) is 16.0. The second-order valence-corrected chi connectivity index (χ2v) is 5.79. The number of carbonyl (C=O) groups excluding carboxylic acids is 3. The second kappa shape index (κ2) is 9.63. The highest BCUT2D eigenvalue weighted by Gasteiger charge is 2.32. The summed E-state index contributed by atoms with van der Waals surface area (Å²) < 4.78 is 20.8. The lowest BCUT2D eigenvalue weighted by Crippen LogP contribution is -2.45. The lowest BCUT2D eigenvalue weighted by Gasteiger charge is -2.28. The van der Waals surface area contributed by atoms with Crippen LogP contribution in [0.2, 0.25) is 0 Å². The van der Waals surface area contributed by atoms with E-state index >= 15 is 0 Å². The fraction of sp³-hybridized carbons (Fsp3) is 0.421. The number of hydrogen-bond acceptors (Lipinski definition) is 7. The monoisotopic (exact) mass is 392 g/mol. The van der Waals surface area contributed by atoms with Crippen LogP contribution in [0, 0.1) is 0 Å². The molecule has 9 heteroatoms. The topological polar surface area (TPSA) is 112 Å². The quantitative estimate of drug-likeness (QED) is 0.649. The molecular formula is C19H24N2O7. The van der Waals surface area contributed by atoms with Gasteiger partial charge in [-0.25, -0.2) is 14.4 Å². The Balaban J connectivity index is 2.35. The van der Waals surface area contributed by atoms with Crippen LogP contribution in [0.5, 0.6) is 11.5 Å². The summed E-state index contributed by atoms with van der Waals surface area (Å²) in [5, 5.41) is 5.27. The number of carbonyl (C=O) groups is 3. The molecule has 1 unspecified atom stereocenters. The highest BCUT2D eigenvalue weighted by molar-refractivity contribution is 5.95. The Labute approximate surface area is 163 Å². The van der Waals surface area contributed by atoms with E-state index < -0.39 is 24.0 Å². The lowest BCUT2D eigenvalue weighted by molar-refractivity contribution is -0.145. The first-order chi connectivity index (χ1) is 13.4. The van der Waals surface area contributed by atoms with Gasteiger partial charge in [-0.15, -0.1) is 0 Å². The number of rotatable bonds is 8. The summed E-state index contributed by atoms with van der Waals surface area (Å²) >= 11 is 0. The number of urea groups is 1. The fourth-order valence-electron chi connectivity index (χ4n) is 2.76. The van der Waals surface area contributed by atoms with Crippen molar-refractivity contribution in [3.8, 4) is 11.5 Å². The van der Waals surface area contributed by atoms with Crippen LogP contribution in [-0.4, -0.2) is 44.9 Å². The van der Waals surface area contributed by atoms with Crippen LogP contribution < -0.4 is 20.1 Å². The molecule has 1 aromatic carbocycles. The number of benzene rings is 1. The van der Waals surface area contributed by atoms with Gasteiger partial charge in [-0.1, -0.05) is 6.07 Å². The Bertz CT molecular complexity index is 788. The van der Waals surface area contributed by atoms with Gasteiger partial charge in [0.1, 0.15) is 0 Å². The predicted molar refractivity (Wildman–Crippen MR) is 98.9 cm³/mol. The zero-order valence-electron chi connectivity index (χ0n) is 16.3. The summed E-state index contributed by atoms with van der Waals surface area (Å²) in [4.78, 5) is 35.6. The minimum absolute atomic E-state index is 0.260. The van der Waals surface area contributed by atoms with Crippen molar-refractivity contribution in [1.29, 1.82) is 0 Å². The van der Waals surface area contributed by atoms with E-state index in [0.29, 0.717) is 29.4 Å². The van der Waals surface area contributed by atoms with E-state index in [2.05, 4.69) is 10.6 Å². The van der Waals surface area contributed by atoms with Crippen molar-refractivity contribution in [2.75, 3.05) is 26.9 Å². The van der Waals surface area contributed by atoms with Gasteiger partial charge in [-0.05, 0) is 38.5 Å². The summed E-state index contributed by atoms with van der Waals surface area (Å²) in [5.74, 6) is -0.333. The van der Waals surface area contributed by atoms with E-state index in [1.807, 2.05) is 0 Å². The molecule has 1 aliphatic rings. The van der Waals surface area contributed by atoms with Crippen molar-refractivity contribution in [2.24, 2.45) is 0 Å². The number of allylic oxidation sites excluding steroid dienone is 1. The third kappa shape index (κ3) is 4.93. The van der Waals surface area contributed by atoms with Crippen LogP contribution in [0.25, 0.3) is 0 Å². The molecular weight excluding hydrogens is 368 g/mol. The van der Waals surface area contributed by atoms with E-state index in [-0.39, 0.29) is 18.8 Å². The minimum Gasteiger partial charge on any atom is -0.490 e. The number of hydrogen-bond donors (Lipinski definition) is 2. The molecule has 0 bridgehead atoms. The molecule has 0 fully saturated rings. The fourth-order valence-corrected chi connectivity index (χ4v) is 2.76. The van der Waals surface area contributed by atoms with Gasteiger partial charge >= 0.3 is 18.0 Å². The molecule has 1 aliphatic heterocycles. The Kier molecular flexibility index (Phi) is 7.25. The van der Waals surface area contributed by atoms with Crippen molar-refractivity contribution in [3.05, 3.63) is 35.0 Å². The standard InChI is InChI=1S/C19H24N2O7/c1-5-26-14-9-12(7-8-13(14)28-10-15(22)27-6-2)17-16(18(23)25-4)11(3)20-19(24)21-17/h7-9,17H,5-6,10H2,1-4H3,(H2,20,21,24). The van der Waals surface area contributed by atoms with Gasteiger partial charge in [0.25, 0.3) is 0 Å². The lowest BCUT2D eigenvalue weighted by atomic mass is 9.95. The van der Waals surface area contributed by atoms with Gasteiger partial charge in [0.05, 0.1) is 31.9 Å². The van der Waals surface area contributed by atoms with Crippen LogP contribution in [0.1, 0.15) is 32.4 Å². The van der Waals surface area contributed by atoms with Crippen molar-refractivity contribution in [1.82, 2.24) is 10.6 Å². The number of ether oxygens (including phenoxy) is 4. The number of esters is 2. The SMILES string of the molecule is CCOC(=O)COc1ccc(C2NC(=O)NC(C)=C2C(=O)OC)cc1OCC. The van der Waals surface area contributed by atoms with E-state index in [4.69, 9.17) is 18.9 Å². The van der Waals surface area contributed by atoms with Gasteiger partial charge < -0.3 is 29.6 Å². The van der Waals surface area contributed by atoms with E-state index in [0.717, 1.165) is 0 Å². The first-order valence-electron chi connectivity index (χ1n) is 8.82. The molecule has 1 atom stereocenters. The van der Waals surface area contributed by atoms with E-state index in [1.165, 1.54) is 7.11 Å². The first-order valence-corrected chi connectivity index (χ1v) is 8.82. The average molecular weight is 392 g/mol. The molecule has 0 saturated carbocycles. The van der Waals surface area contributed by atoms with Crippen LogP contribution >= 0.6 is 0 Å². The molecule has 9 nitrogen and oxygen atoms in total. The van der Waals surface area contributed by atoms with Gasteiger partial charge in [-0.3, -0.25) is 0 Å².